The van der Waals surface area contributed by atoms with Crippen LogP contribution in [0.5, 0.6) is 0 Å². The minimum atomic E-state index is -3.08. The second kappa shape index (κ2) is 10.3. The molecule has 2 aliphatic heterocycles. The number of hydrogen-bond donors (Lipinski definition) is 1. The first kappa shape index (κ1) is 24.9. The SMILES string of the molecule is CN=C(NCCCC(=O)N1CCc2ccccc2C1)N1CCS(=O)(=O)C(C)(C)C1.I. The molecule has 0 saturated carbocycles. The maximum atomic E-state index is 12.6. The van der Waals surface area contributed by atoms with Crippen molar-refractivity contribution in [3.63, 3.8) is 0 Å². The number of hydrogen-bond acceptors (Lipinski definition) is 4. The van der Waals surface area contributed by atoms with Crippen LogP contribution in [-0.2, 0) is 27.6 Å². The summed E-state index contributed by atoms with van der Waals surface area (Å²) in [6.07, 6.45) is 2.12. The highest BCUT2D eigenvalue weighted by atomic mass is 127. The van der Waals surface area contributed by atoms with E-state index in [9.17, 15) is 13.2 Å². The Hall–Kier alpha value is -1.36. The van der Waals surface area contributed by atoms with Gasteiger partial charge < -0.3 is 15.1 Å². The average molecular weight is 548 g/mol. The highest BCUT2D eigenvalue weighted by Crippen LogP contribution is 2.23. The van der Waals surface area contributed by atoms with Crippen molar-refractivity contribution in [3.8, 4) is 0 Å². The Balaban J connectivity index is 0.00000320. The molecule has 1 N–H and O–H groups in total. The smallest absolute Gasteiger partial charge is 0.222 e. The molecule has 1 aromatic rings. The van der Waals surface area contributed by atoms with Crippen molar-refractivity contribution < 1.29 is 13.2 Å². The van der Waals surface area contributed by atoms with Gasteiger partial charge in [0.2, 0.25) is 5.91 Å². The number of carbonyl (C=O) groups is 1. The van der Waals surface area contributed by atoms with E-state index in [1.54, 1.807) is 20.9 Å². The standard InChI is InChI=1S/C21H32N4O3S.HI/c1-21(2)16-25(13-14-29(21,27)28)20(22-3)23-11-6-9-19(26)24-12-10-17-7-4-5-8-18(17)15-24;/h4-5,7-8H,6,9-16H2,1-3H3,(H,22,23);1H. The Morgan fingerprint density at radius 2 is 1.87 bits per heavy atom. The van der Waals surface area contributed by atoms with Crippen LogP contribution in [-0.4, -0.2) is 73.8 Å². The third-order valence-electron chi connectivity index (χ3n) is 5.89. The highest BCUT2D eigenvalue weighted by Gasteiger charge is 2.40. The van der Waals surface area contributed by atoms with Gasteiger partial charge in [0.05, 0.1) is 10.5 Å². The van der Waals surface area contributed by atoms with E-state index in [1.165, 1.54) is 11.1 Å². The van der Waals surface area contributed by atoms with Crippen LogP contribution in [0, 0.1) is 0 Å². The molecule has 168 valence electrons. The van der Waals surface area contributed by atoms with Gasteiger partial charge in [-0.3, -0.25) is 9.79 Å². The quantitative estimate of drug-likeness (QED) is 0.270. The lowest BCUT2D eigenvalue weighted by atomic mass is 9.99. The molecular formula is C21H33IN4O3S. The molecule has 0 atom stereocenters. The molecule has 0 spiro atoms. The van der Waals surface area contributed by atoms with Crippen molar-refractivity contribution in [3.05, 3.63) is 35.4 Å². The average Bonchev–Trinajstić information content (AvgIpc) is 2.70. The molecule has 0 aliphatic carbocycles. The Labute approximate surface area is 197 Å². The second-order valence-corrected chi connectivity index (χ2v) is 11.2. The van der Waals surface area contributed by atoms with Gasteiger partial charge in [0.25, 0.3) is 0 Å². The number of amides is 1. The van der Waals surface area contributed by atoms with Gasteiger partial charge in [-0.05, 0) is 37.8 Å². The first-order valence-corrected chi connectivity index (χ1v) is 11.9. The molecule has 0 unspecified atom stereocenters. The Morgan fingerprint density at radius 3 is 2.53 bits per heavy atom. The van der Waals surface area contributed by atoms with Crippen molar-refractivity contribution in [2.24, 2.45) is 4.99 Å². The number of carbonyl (C=O) groups excluding carboxylic acids is 1. The van der Waals surface area contributed by atoms with Gasteiger partial charge in [-0.1, -0.05) is 24.3 Å². The van der Waals surface area contributed by atoms with Crippen LogP contribution < -0.4 is 5.32 Å². The van der Waals surface area contributed by atoms with E-state index in [-0.39, 0.29) is 35.6 Å². The molecular weight excluding hydrogens is 515 g/mol. The summed E-state index contributed by atoms with van der Waals surface area (Å²) in [5, 5.41) is 3.29. The van der Waals surface area contributed by atoms with Gasteiger partial charge in [0.1, 0.15) is 0 Å². The lowest BCUT2D eigenvalue weighted by Gasteiger charge is -2.39. The topological polar surface area (TPSA) is 82.1 Å². The van der Waals surface area contributed by atoms with Crippen LogP contribution in [0.15, 0.2) is 29.3 Å². The van der Waals surface area contributed by atoms with Gasteiger partial charge in [-0.25, -0.2) is 8.42 Å². The zero-order valence-electron chi connectivity index (χ0n) is 18.1. The summed E-state index contributed by atoms with van der Waals surface area (Å²) in [6, 6.07) is 8.31. The van der Waals surface area contributed by atoms with Gasteiger partial charge in [0, 0.05) is 46.2 Å². The summed E-state index contributed by atoms with van der Waals surface area (Å²) in [7, 11) is -1.38. The van der Waals surface area contributed by atoms with Crippen molar-refractivity contribution in [2.75, 3.05) is 39.0 Å². The highest BCUT2D eigenvalue weighted by molar-refractivity contribution is 14.0. The molecule has 30 heavy (non-hydrogen) atoms. The molecule has 2 aliphatic rings. The van der Waals surface area contributed by atoms with E-state index in [0.717, 1.165) is 13.0 Å². The molecule has 1 aromatic carbocycles. The summed E-state index contributed by atoms with van der Waals surface area (Å²) in [5.41, 5.74) is 2.58. The zero-order valence-corrected chi connectivity index (χ0v) is 21.2. The lowest BCUT2D eigenvalue weighted by Crippen LogP contribution is -2.57. The number of guanidine groups is 1. The van der Waals surface area contributed by atoms with Gasteiger partial charge >= 0.3 is 0 Å². The number of benzene rings is 1. The summed E-state index contributed by atoms with van der Waals surface area (Å²) < 4.78 is 23.6. The van der Waals surface area contributed by atoms with Crippen molar-refractivity contribution >= 4 is 45.7 Å². The van der Waals surface area contributed by atoms with Crippen molar-refractivity contribution in [1.29, 1.82) is 0 Å². The van der Waals surface area contributed by atoms with E-state index in [4.69, 9.17) is 0 Å². The fraction of sp³-hybridized carbons (Fsp3) is 0.619. The molecule has 0 aromatic heterocycles. The number of aliphatic imine (C=N–C) groups is 1. The zero-order chi connectivity index (χ0) is 21.1. The third-order valence-corrected chi connectivity index (χ3v) is 8.42. The van der Waals surface area contributed by atoms with Crippen LogP contribution in [0.3, 0.4) is 0 Å². The molecule has 9 heteroatoms. The van der Waals surface area contributed by atoms with Crippen LogP contribution in [0.1, 0.15) is 37.8 Å². The lowest BCUT2D eigenvalue weighted by molar-refractivity contribution is -0.132. The monoisotopic (exact) mass is 548 g/mol. The van der Waals surface area contributed by atoms with Gasteiger partial charge in [-0.2, -0.15) is 0 Å². The predicted molar refractivity (Wildman–Crippen MR) is 131 cm³/mol. The molecule has 1 amide bonds. The number of nitrogens with zero attached hydrogens (tertiary/aromatic N) is 3. The Bertz CT molecular complexity index is 886. The van der Waals surface area contributed by atoms with E-state index < -0.39 is 14.6 Å². The van der Waals surface area contributed by atoms with Crippen LogP contribution in [0.2, 0.25) is 0 Å². The van der Waals surface area contributed by atoms with E-state index in [2.05, 4.69) is 22.4 Å². The second-order valence-electron chi connectivity index (χ2n) is 8.41. The van der Waals surface area contributed by atoms with E-state index >= 15 is 0 Å². The first-order chi connectivity index (χ1) is 13.7. The maximum absolute atomic E-state index is 12.6. The van der Waals surface area contributed by atoms with Crippen molar-refractivity contribution in [2.45, 2.75) is 44.4 Å². The summed E-state index contributed by atoms with van der Waals surface area (Å²) in [6.45, 7) is 6.49. The fourth-order valence-corrected chi connectivity index (χ4v) is 5.33. The Morgan fingerprint density at radius 1 is 1.17 bits per heavy atom. The number of halogens is 1. The summed E-state index contributed by atoms with van der Waals surface area (Å²) in [4.78, 5) is 20.8. The van der Waals surface area contributed by atoms with E-state index in [0.29, 0.717) is 45.0 Å². The number of sulfone groups is 1. The van der Waals surface area contributed by atoms with Crippen molar-refractivity contribution in [1.82, 2.24) is 15.1 Å². The van der Waals surface area contributed by atoms with Crippen LogP contribution in [0.25, 0.3) is 0 Å². The minimum absolute atomic E-state index is 0. The van der Waals surface area contributed by atoms with Gasteiger partial charge in [-0.15, -0.1) is 24.0 Å². The molecule has 2 heterocycles. The first-order valence-electron chi connectivity index (χ1n) is 10.3. The molecule has 1 fully saturated rings. The fourth-order valence-electron chi connectivity index (χ4n) is 3.96. The van der Waals surface area contributed by atoms with Crippen LogP contribution in [0.4, 0.5) is 0 Å². The summed E-state index contributed by atoms with van der Waals surface area (Å²) in [5.74, 6) is 1.02. The summed E-state index contributed by atoms with van der Waals surface area (Å²) >= 11 is 0. The van der Waals surface area contributed by atoms with Gasteiger partial charge in [0.15, 0.2) is 15.8 Å². The number of fused-ring (bicyclic) bond motifs is 1. The molecule has 0 radical (unpaired) electrons. The third kappa shape index (κ3) is 5.66. The molecule has 1 saturated heterocycles. The largest absolute Gasteiger partial charge is 0.356 e. The van der Waals surface area contributed by atoms with E-state index in [1.807, 2.05) is 21.9 Å². The minimum Gasteiger partial charge on any atom is -0.356 e. The number of nitrogens with one attached hydrogen (secondary N) is 1. The number of rotatable bonds is 4. The predicted octanol–water partition coefficient (Wildman–Crippen LogP) is 2.05. The van der Waals surface area contributed by atoms with Crippen LogP contribution >= 0.6 is 24.0 Å². The molecule has 7 nitrogen and oxygen atoms in total. The molecule has 0 bridgehead atoms. The Kier molecular flexibility index (Phi) is 8.55. The molecule has 3 rings (SSSR count). The maximum Gasteiger partial charge on any atom is 0.222 e. The normalized spacial score (nSPS) is 20.2.